The molecule has 0 bridgehead atoms. The van der Waals surface area contributed by atoms with E-state index in [1.54, 1.807) is 6.92 Å². The third-order valence-corrected chi connectivity index (χ3v) is 1.73. The molecule has 1 aromatic rings. The lowest BCUT2D eigenvalue weighted by atomic mass is 10.2. The van der Waals surface area contributed by atoms with Gasteiger partial charge in [-0.25, -0.2) is 14.7 Å². The third kappa shape index (κ3) is 2.66. The maximum atomic E-state index is 11.1. The highest BCUT2D eigenvalue weighted by atomic mass is 16.4. The summed E-state index contributed by atoms with van der Waals surface area (Å²) < 4.78 is 0. The molecule has 0 fully saturated rings. The van der Waals surface area contributed by atoms with Crippen LogP contribution in [-0.4, -0.2) is 32.3 Å². The van der Waals surface area contributed by atoms with E-state index < -0.39 is 23.3 Å². The van der Waals surface area contributed by atoms with Gasteiger partial charge in [0.1, 0.15) is 6.04 Å². The lowest BCUT2D eigenvalue weighted by Crippen LogP contribution is -2.34. The molecule has 1 atom stereocenters. The van der Waals surface area contributed by atoms with Crippen molar-refractivity contribution in [2.24, 2.45) is 0 Å². The summed E-state index contributed by atoms with van der Waals surface area (Å²) in [6.07, 6.45) is 0.287. The number of carboxylic acids is 1. The molecular weight excluding hydrogens is 204 g/mol. The summed E-state index contributed by atoms with van der Waals surface area (Å²) in [7, 11) is 0. The standard InChI is InChI=1S/C7H10N4O4/c1-2-3(6(13)14)8-4-5(12)9-7(15)11-10-4/h3H,2H2,1H3,(H,8,10)(H,13,14)(H2,9,11,12,15)/t3-/m0/s1. The van der Waals surface area contributed by atoms with Crippen molar-refractivity contribution in [3.63, 3.8) is 0 Å². The fourth-order valence-electron chi connectivity index (χ4n) is 0.949. The SMILES string of the molecule is CC[C@H](Nc1n[nH]c(=O)[nH]c1=O)C(=O)O. The van der Waals surface area contributed by atoms with Gasteiger partial charge in [-0.05, 0) is 6.42 Å². The second-order valence-corrected chi connectivity index (χ2v) is 2.80. The Morgan fingerprint density at radius 2 is 2.27 bits per heavy atom. The maximum Gasteiger partial charge on any atom is 0.342 e. The fraction of sp³-hybridized carbons (Fsp3) is 0.429. The molecule has 8 nitrogen and oxygen atoms in total. The molecule has 0 radical (unpaired) electrons. The number of carboxylic acid groups (broad SMARTS) is 1. The highest BCUT2D eigenvalue weighted by Crippen LogP contribution is 1.98. The van der Waals surface area contributed by atoms with Crippen molar-refractivity contribution in [1.82, 2.24) is 15.2 Å². The number of hydrogen-bond donors (Lipinski definition) is 4. The van der Waals surface area contributed by atoms with Crippen LogP contribution in [0, 0.1) is 0 Å². The predicted octanol–water partition coefficient (Wildman–Crippen LogP) is -1.27. The van der Waals surface area contributed by atoms with E-state index in [2.05, 4.69) is 10.4 Å². The van der Waals surface area contributed by atoms with E-state index in [0.29, 0.717) is 0 Å². The minimum Gasteiger partial charge on any atom is -0.480 e. The second-order valence-electron chi connectivity index (χ2n) is 2.80. The number of nitrogens with zero attached hydrogens (tertiary/aromatic N) is 1. The van der Waals surface area contributed by atoms with E-state index in [1.807, 2.05) is 10.1 Å². The summed E-state index contributed by atoms with van der Waals surface area (Å²) in [5.41, 5.74) is -1.49. The number of hydrogen-bond acceptors (Lipinski definition) is 5. The van der Waals surface area contributed by atoms with Gasteiger partial charge in [-0.2, -0.15) is 0 Å². The number of rotatable bonds is 4. The van der Waals surface area contributed by atoms with Gasteiger partial charge in [0.15, 0.2) is 0 Å². The Bertz CT molecular complexity index is 463. The predicted molar refractivity (Wildman–Crippen MR) is 50.8 cm³/mol. The molecule has 0 aliphatic carbocycles. The molecule has 0 aliphatic rings. The summed E-state index contributed by atoms with van der Waals surface area (Å²) in [5.74, 6) is -1.31. The smallest absolute Gasteiger partial charge is 0.342 e. The van der Waals surface area contributed by atoms with Gasteiger partial charge in [0.25, 0.3) is 5.56 Å². The summed E-state index contributed by atoms with van der Waals surface area (Å²) in [4.78, 5) is 34.3. The van der Waals surface area contributed by atoms with Crippen molar-refractivity contribution >= 4 is 11.8 Å². The van der Waals surface area contributed by atoms with Crippen LogP contribution in [0.5, 0.6) is 0 Å². The van der Waals surface area contributed by atoms with Crippen LogP contribution in [0.2, 0.25) is 0 Å². The van der Waals surface area contributed by atoms with Gasteiger partial charge in [-0.1, -0.05) is 6.92 Å². The minimum atomic E-state index is -1.09. The largest absolute Gasteiger partial charge is 0.480 e. The number of aromatic amines is 2. The van der Waals surface area contributed by atoms with E-state index in [9.17, 15) is 14.4 Å². The van der Waals surface area contributed by atoms with Crippen molar-refractivity contribution in [2.75, 3.05) is 5.32 Å². The van der Waals surface area contributed by atoms with Crippen molar-refractivity contribution in [1.29, 1.82) is 0 Å². The highest BCUT2D eigenvalue weighted by molar-refractivity contribution is 5.76. The molecule has 8 heteroatoms. The lowest BCUT2D eigenvalue weighted by Gasteiger charge is -2.10. The Labute approximate surface area is 83.3 Å². The van der Waals surface area contributed by atoms with Crippen LogP contribution in [-0.2, 0) is 4.79 Å². The number of anilines is 1. The summed E-state index contributed by atoms with van der Waals surface area (Å²) in [6.45, 7) is 1.64. The van der Waals surface area contributed by atoms with Crippen molar-refractivity contribution in [3.8, 4) is 0 Å². The highest BCUT2D eigenvalue weighted by Gasteiger charge is 2.16. The number of nitrogens with one attached hydrogen (secondary N) is 3. The number of carbonyl (C=O) groups is 1. The average molecular weight is 214 g/mol. The van der Waals surface area contributed by atoms with Gasteiger partial charge >= 0.3 is 11.7 Å². The first-order valence-corrected chi connectivity index (χ1v) is 4.23. The molecule has 0 saturated carbocycles. The molecule has 15 heavy (non-hydrogen) atoms. The number of H-pyrrole nitrogens is 2. The van der Waals surface area contributed by atoms with E-state index >= 15 is 0 Å². The third-order valence-electron chi connectivity index (χ3n) is 1.73. The normalized spacial score (nSPS) is 12.1. The molecule has 0 spiro atoms. The summed E-state index contributed by atoms with van der Waals surface area (Å²) in [6, 6.07) is -0.912. The monoisotopic (exact) mass is 214 g/mol. The van der Waals surface area contributed by atoms with E-state index in [4.69, 9.17) is 5.11 Å². The number of aromatic nitrogens is 3. The van der Waals surface area contributed by atoms with Crippen molar-refractivity contribution < 1.29 is 9.90 Å². The van der Waals surface area contributed by atoms with Crippen molar-refractivity contribution in [2.45, 2.75) is 19.4 Å². The average Bonchev–Trinajstić information content (AvgIpc) is 2.16. The molecule has 82 valence electrons. The van der Waals surface area contributed by atoms with Gasteiger partial charge in [0.05, 0.1) is 0 Å². The Morgan fingerprint density at radius 1 is 1.60 bits per heavy atom. The van der Waals surface area contributed by atoms with Crippen LogP contribution < -0.4 is 16.6 Å². The Morgan fingerprint density at radius 3 is 2.73 bits per heavy atom. The first-order valence-electron chi connectivity index (χ1n) is 4.23. The molecule has 1 rings (SSSR count). The van der Waals surface area contributed by atoms with E-state index in [-0.39, 0.29) is 12.2 Å². The first kappa shape index (κ1) is 11.0. The molecule has 0 aliphatic heterocycles. The topological polar surface area (TPSA) is 128 Å². The van der Waals surface area contributed by atoms with Crippen molar-refractivity contribution in [3.05, 3.63) is 20.8 Å². The van der Waals surface area contributed by atoms with E-state index in [1.165, 1.54) is 0 Å². The Balaban J connectivity index is 2.94. The van der Waals surface area contributed by atoms with Crippen LogP contribution >= 0.6 is 0 Å². The van der Waals surface area contributed by atoms with Crippen LogP contribution in [0.15, 0.2) is 9.59 Å². The molecule has 0 aromatic carbocycles. The molecule has 0 amide bonds. The number of aliphatic carboxylic acids is 1. The fourth-order valence-corrected chi connectivity index (χ4v) is 0.949. The molecule has 0 saturated heterocycles. The van der Waals surface area contributed by atoms with Gasteiger partial charge in [-0.15, -0.1) is 5.10 Å². The van der Waals surface area contributed by atoms with Crippen LogP contribution in [0.25, 0.3) is 0 Å². The second kappa shape index (κ2) is 4.40. The first-order chi connectivity index (χ1) is 7.04. The zero-order valence-electron chi connectivity index (χ0n) is 7.90. The molecule has 1 heterocycles. The Kier molecular flexibility index (Phi) is 3.21. The minimum absolute atomic E-state index is 0.219. The zero-order chi connectivity index (χ0) is 11.4. The summed E-state index contributed by atoms with van der Waals surface area (Å²) in [5, 5.41) is 16.5. The molecule has 1 aromatic heterocycles. The Hall–Kier alpha value is -2.12. The quantitative estimate of drug-likeness (QED) is 0.495. The van der Waals surface area contributed by atoms with E-state index in [0.717, 1.165) is 0 Å². The van der Waals surface area contributed by atoms with Crippen LogP contribution in [0.4, 0.5) is 5.82 Å². The van der Waals surface area contributed by atoms with Gasteiger partial charge in [0.2, 0.25) is 5.82 Å². The van der Waals surface area contributed by atoms with Gasteiger partial charge in [-0.3, -0.25) is 9.78 Å². The molecule has 4 N–H and O–H groups in total. The van der Waals surface area contributed by atoms with Crippen LogP contribution in [0.3, 0.4) is 0 Å². The zero-order valence-corrected chi connectivity index (χ0v) is 7.90. The maximum absolute atomic E-state index is 11.1. The lowest BCUT2D eigenvalue weighted by molar-refractivity contribution is -0.137. The van der Waals surface area contributed by atoms with Gasteiger partial charge in [0, 0.05) is 0 Å². The molecular formula is C7H10N4O4. The van der Waals surface area contributed by atoms with Gasteiger partial charge < -0.3 is 10.4 Å². The molecule has 0 unspecified atom stereocenters. The van der Waals surface area contributed by atoms with Crippen LogP contribution in [0.1, 0.15) is 13.3 Å². The summed E-state index contributed by atoms with van der Waals surface area (Å²) >= 11 is 0.